The molecule has 0 aromatic rings. The van der Waals surface area contributed by atoms with Gasteiger partial charge in [-0.25, -0.2) is 4.79 Å². The van der Waals surface area contributed by atoms with Crippen LogP contribution in [0.25, 0.3) is 0 Å². The van der Waals surface area contributed by atoms with Gasteiger partial charge in [0.05, 0.1) is 10.7 Å². The monoisotopic (exact) mass is 395 g/mol. The van der Waals surface area contributed by atoms with Crippen molar-refractivity contribution in [1.29, 1.82) is 0 Å². The second kappa shape index (κ2) is 7.94. The van der Waals surface area contributed by atoms with Gasteiger partial charge in [-0.3, -0.25) is 0 Å². The lowest BCUT2D eigenvalue weighted by Crippen LogP contribution is -2.48. The van der Waals surface area contributed by atoms with E-state index in [-0.39, 0.29) is 11.7 Å². The van der Waals surface area contributed by atoms with Crippen molar-refractivity contribution < 1.29 is 14.4 Å². The molecule has 1 saturated carbocycles. The molecule has 3 rings (SSSR count). The van der Waals surface area contributed by atoms with Crippen molar-refractivity contribution in [3.05, 3.63) is 0 Å². The largest absolute Gasteiger partial charge is 0.444 e. The Morgan fingerprint density at radius 2 is 1.89 bits per heavy atom. The van der Waals surface area contributed by atoms with E-state index in [1.807, 2.05) is 27.8 Å². The minimum Gasteiger partial charge on any atom is -0.444 e. The summed E-state index contributed by atoms with van der Waals surface area (Å²) in [7, 11) is 1.91. The zero-order valence-corrected chi connectivity index (χ0v) is 17.9. The molecule has 1 amide bonds. The van der Waals surface area contributed by atoms with Gasteiger partial charge in [-0.05, 0) is 46.5 Å². The molecule has 2 heterocycles. The summed E-state index contributed by atoms with van der Waals surface area (Å²) in [5, 5.41) is 7.62. The lowest BCUT2D eigenvalue weighted by molar-refractivity contribution is -0.0639. The first-order chi connectivity index (χ1) is 12.7. The van der Waals surface area contributed by atoms with E-state index in [9.17, 15) is 4.79 Å². The summed E-state index contributed by atoms with van der Waals surface area (Å²) in [6.45, 7) is 7.03. The summed E-state index contributed by atoms with van der Waals surface area (Å²) in [6.07, 6.45) is 6.84. The maximum absolute atomic E-state index is 12.3. The Kier molecular flexibility index (Phi) is 5.99. The van der Waals surface area contributed by atoms with Crippen LogP contribution in [0, 0.1) is 11.8 Å². The van der Waals surface area contributed by atoms with E-state index in [4.69, 9.17) is 21.8 Å². The Hall–Kier alpha value is -1.37. The van der Waals surface area contributed by atoms with Crippen LogP contribution in [0.5, 0.6) is 0 Å². The fourth-order valence-electron chi connectivity index (χ4n) is 4.35. The Morgan fingerprint density at radius 3 is 2.44 bits per heavy atom. The molecule has 0 bridgehead atoms. The predicted octanol–water partition coefficient (Wildman–Crippen LogP) is 3.89. The normalized spacial score (nSPS) is 27.7. The van der Waals surface area contributed by atoms with Gasteiger partial charge in [0.2, 0.25) is 0 Å². The average Bonchev–Trinajstić information content (AvgIpc) is 3.04. The molecule has 0 atom stereocenters. The summed E-state index contributed by atoms with van der Waals surface area (Å²) in [4.78, 5) is 21.0. The molecule has 1 aliphatic carbocycles. The number of thiocarbonyl (C=S) groups is 1. The number of hydrogen-bond donors (Lipinski definition) is 1. The van der Waals surface area contributed by atoms with E-state index in [1.165, 1.54) is 5.71 Å². The van der Waals surface area contributed by atoms with Gasteiger partial charge >= 0.3 is 6.09 Å². The van der Waals surface area contributed by atoms with Crippen molar-refractivity contribution in [3.8, 4) is 0 Å². The summed E-state index contributed by atoms with van der Waals surface area (Å²) in [5.41, 5.74) is 0.542. The molecular formula is C20H33N3O3S. The number of nitrogens with one attached hydrogen (secondary N) is 1. The molecule has 1 saturated heterocycles. The molecule has 7 heteroatoms. The highest BCUT2D eigenvalue weighted by atomic mass is 32.1. The fraction of sp³-hybridized carbons (Fsp3) is 0.850. The Balaban J connectivity index is 1.47. The van der Waals surface area contributed by atoms with Crippen LogP contribution in [0.2, 0.25) is 0 Å². The fourth-order valence-corrected chi connectivity index (χ4v) is 4.59. The Labute approximate surface area is 168 Å². The van der Waals surface area contributed by atoms with Gasteiger partial charge in [-0.15, -0.1) is 0 Å². The minimum absolute atomic E-state index is 0.217. The number of nitrogens with zero attached hydrogens (tertiary/aromatic N) is 2. The van der Waals surface area contributed by atoms with E-state index in [0.717, 1.165) is 49.9 Å². The lowest BCUT2D eigenvalue weighted by atomic mass is 9.76. The highest BCUT2D eigenvalue weighted by Gasteiger charge is 2.45. The number of amides is 1. The average molecular weight is 396 g/mol. The Bertz CT molecular complexity index is 598. The summed E-state index contributed by atoms with van der Waals surface area (Å²) >= 11 is 5.40. The van der Waals surface area contributed by atoms with Gasteiger partial charge < -0.3 is 19.8 Å². The molecule has 0 aromatic carbocycles. The number of oxime groups is 1. The lowest BCUT2D eigenvalue weighted by Gasteiger charge is -2.38. The van der Waals surface area contributed by atoms with Gasteiger partial charge in [0.15, 0.2) is 0 Å². The van der Waals surface area contributed by atoms with E-state index >= 15 is 0 Å². The van der Waals surface area contributed by atoms with Crippen molar-refractivity contribution in [3.63, 3.8) is 0 Å². The van der Waals surface area contributed by atoms with Crippen molar-refractivity contribution in [1.82, 2.24) is 10.2 Å². The number of carbonyl (C=O) groups is 1. The molecule has 6 nitrogen and oxygen atoms in total. The van der Waals surface area contributed by atoms with E-state index in [1.54, 1.807) is 4.90 Å². The Morgan fingerprint density at radius 1 is 1.26 bits per heavy atom. The van der Waals surface area contributed by atoms with Crippen molar-refractivity contribution in [2.24, 2.45) is 17.0 Å². The number of carbonyl (C=O) groups excluding carboxylic acids is 1. The zero-order valence-electron chi connectivity index (χ0n) is 17.0. The van der Waals surface area contributed by atoms with Gasteiger partial charge in [0, 0.05) is 51.2 Å². The third kappa shape index (κ3) is 4.92. The van der Waals surface area contributed by atoms with Crippen LogP contribution >= 0.6 is 12.2 Å². The minimum atomic E-state index is -0.458. The molecular weight excluding hydrogens is 362 g/mol. The third-order valence-electron chi connectivity index (χ3n) is 6.00. The first-order valence-electron chi connectivity index (χ1n) is 10.2. The van der Waals surface area contributed by atoms with Crippen LogP contribution in [-0.2, 0) is 9.57 Å². The van der Waals surface area contributed by atoms with Gasteiger partial charge in [0.25, 0.3) is 0 Å². The van der Waals surface area contributed by atoms with Crippen LogP contribution in [0.15, 0.2) is 5.16 Å². The van der Waals surface area contributed by atoms with Crippen molar-refractivity contribution in [2.45, 2.75) is 76.9 Å². The summed E-state index contributed by atoms with van der Waals surface area (Å²) in [5.74, 6) is 1.03. The first kappa shape index (κ1) is 20.4. The number of likely N-dealkylation sites (tertiary alicyclic amines) is 1. The van der Waals surface area contributed by atoms with Crippen molar-refractivity contribution in [2.75, 3.05) is 20.1 Å². The number of hydrogen-bond acceptors (Lipinski definition) is 5. The molecule has 1 spiro atoms. The number of rotatable bonds is 2. The standard InChI is InChI=1S/C20H33N3O3S/c1-19(2,3)25-18(24)23-11-9-20(10-12-23)13-16(22-26-20)14-5-7-15(8-6-14)17(27)21-4/h14-15H,5-13H2,1-4H3,(H,21,27)/t14-,15-. The van der Waals surface area contributed by atoms with Gasteiger partial charge in [0.1, 0.15) is 11.2 Å². The molecule has 2 fully saturated rings. The summed E-state index contributed by atoms with van der Waals surface area (Å²) in [6, 6.07) is 0. The van der Waals surface area contributed by atoms with Crippen molar-refractivity contribution >= 4 is 29.0 Å². The van der Waals surface area contributed by atoms with Gasteiger partial charge in [-0.1, -0.05) is 17.4 Å². The quantitative estimate of drug-likeness (QED) is 0.719. The SMILES string of the molecule is CNC(=S)[C@H]1CC[C@H](C2=NOC3(CCN(C(=O)OC(C)(C)C)CC3)C2)CC1. The number of ether oxygens (including phenoxy) is 1. The van der Waals surface area contributed by atoms with Crippen LogP contribution in [-0.4, -0.2) is 53.0 Å². The molecule has 0 unspecified atom stereocenters. The topological polar surface area (TPSA) is 63.2 Å². The smallest absolute Gasteiger partial charge is 0.410 e. The molecule has 0 aromatic heterocycles. The zero-order chi connectivity index (χ0) is 19.7. The first-order valence-corrected chi connectivity index (χ1v) is 10.6. The van der Waals surface area contributed by atoms with E-state index in [2.05, 4.69) is 10.5 Å². The molecule has 0 radical (unpaired) electrons. The van der Waals surface area contributed by atoms with Crippen LogP contribution in [0.1, 0.15) is 65.7 Å². The highest BCUT2D eigenvalue weighted by molar-refractivity contribution is 7.80. The second-order valence-corrected chi connectivity index (χ2v) is 9.60. The highest BCUT2D eigenvalue weighted by Crippen LogP contribution is 2.40. The van der Waals surface area contributed by atoms with E-state index in [0.29, 0.717) is 24.9 Å². The van der Waals surface area contributed by atoms with E-state index < -0.39 is 5.60 Å². The maximum Gasteiger partial charge on any atom is 0.410 e. The molecule has 2 aliphatic heterocycles. The van der Waals surface area contributed by atoms with Gasteiger partial charge in [-0.2, -0.15) is 0 Å². The van der Waals surface area contributed by atoms with Crippen LogP contribution in [0.4, 0.5) is 4.79 Å². The van der Waals surface area contributed by atoms with Crippen LogP contribution < -0.4 is 5.32 Å². The summed E-state index contributed by atoms with van der Waals surface area (Å²) < 4.78 is 5.49. The molecule has 27 heavy (non-hydrogen) atoms. The molecule has 152 valence electrons. The van der Waals surface area contributed by atoms with Crippen LogP contribution in [0.3, 0.4) is 0 Å². The number of piperidine rings is 1. The maximum atomic E-state index is 12.3. The predicted molar refractivity (Wildman–Crippen MR) is 110 cm³/mol. The molecule has 3 aliphatic rings. The third-order valence-corrected chi connectivity index (χ3v) is 6.54. The second-order valence-electron chi connectivity index (χ2n) is 9.16. The molecule has 1 N–H and O–H groups in total.